The summed E-state index contributed by atoms with van der Waals surface area (Å²) in [6, 6.07) is 4.15. The van der Waals surface area contributed by atoms with Crippen LogP contribution in [0.25, 0.3) is 0 Å². The maximum absolute atomic E-state index is 5.67. The Balaban J connectivity index is 2.60. The number of unbranched alkanes of at least 4 members (excludes halogenated alkanes) is 1. The standard InChI is InChI=1S/C10H14ClN/c1-2-3-4-9-5-6-12-10(7-9)8-11/h5-7H,2-4,8H2,1H3. The molecule has 0 fully saturated rings. The first-order valence-corrected chi connectivity index (χ1v) is 4.90. The lowest BCUT2D eigenvalue weighted by atomic mass is 10.1. The second-order valence-corrected chi connectivity index (χ2v) is 3.16. The Kier molecular flexibility index (Phi) is 4.09. The Hall–Kier alpha value is -0.560. The zero-order chi connectivity index (χ0) is 8.81. The van der Waals surface area contributed by atoms with Crippen molar-refractivity contribution in [3.63, 3.8) is 0 Å². The monoisotopic (exact) mass is 183 g/mol. The summed E-state index contributed by atoms with van der Waals surface area (Å²) in [5.41, 5.74) is 2.33. The number of pyridine rings is 1. The van der Waals surface area contributed by atoms with Crippen molar-refractivity contribution >= 4 is 11.6 Å². The molecule has 0 aliphatic heterocycles. The van der Waals surface area contributed by atoms with E-state index in [-0.39, 0.29) is 0 Å². The molecule has 1 heterocycles. The first-order valence-electron chi connectivity index (χ1n) is 4.36. The molecule has 0 saturated carbocycles. The summed E-state index contributed by atoms with van der Waals surface area (Å²) in [5.74, 6) is 0.514. The number of alkyl halides is 1. The molecule has 0 aromatic carbocycles. The van der Waals surface area contributed by atoms with Crippen molar-refractivity contribution in [3.8, 4) is 0 Å². The highest BCUT2D eigenvalue weighted by Crippen LogP contribution is 2.07. The smallest absolute Gasteiger partial charge is 0.0647 e. The Morgan fingerprint density at radius 1 is 1.50 bits per heavy atom. The first kappa shape index (κ1) is 9.53. The van der Waals surface area contributed by atoms with Gasteiger partial charge < -0.3 is 0 Å². The van der Waals surface area contributed by atoms with Crippen LogP contribution in [0.3, 0.4) is 0 Å². The predicted octanol–water partition coefficient (Wildman–Crippen LogP) is 3.16. The highest BCUT2D eigenvalue weighted by atomic mass is 35.5. The van der Waals surface area contributed by atoms with Gasteiger partial charge >= 0.3 is 0 Å². The summed E-state index contributed by atoms with van der Waals surface area (Å²) < 4.78 is 0. The lowest BCUT2D eigenvalue weighted by molar-refractivity contribution is 0.792. The fraction of sp³-hybridized carbons (Fsp3) is 0.500. The third-order valence-electron chi connectivity index (χ3n) is 1.84. The van der Waals surface area contributed by atoms with Gasteiger partial charge in [0.1, 0.15) is 0 Å². The van der Waals surface area contributed by atoms with Gasteiger partial charge in [-0.15, -0.1) is 11.6 Å². The van der Waals surface area contributed by atoms with Crippen LogP contribution in [-0.2, 0) is 12.3 Å². The van der Waals surface area contributed by atoms with E-state index in [2.05, 4.69) is 24.0 Å². The topological polar surface area (TPSA) is 12.9 Å². The fourth-order valence-electron chi connectivity index (χ4n) is 1.14. The maximum atomic E-state index is 5.67. The van der Waals surface area contributed by atoms with Crippen LogP contribution in [0.2, 0.25) is 0 Å². The van der Waals surface area contributed by atoms with E-state index in [4.69, 9.17) is 11.6 Å². The maximum Gasteiger partial charge on any atom is 0.0647 e. The zero-order valence-electron chi connectivity index (χ0n) is 7.39. The van der Waals surface area contributed by atoms with Gasteiger partial charge in [0.25, 0.3) is 0 Å². The van der Waals surface area contributed by atoms with E-state index in [0.29, 0.717) is 5.88 Å². The number of aromatic nitrogens is 1. The molecular weight excluding hydrogens is 170 g/mol. The molecule has 66 valence electrons. The molecular formula is C10H14ClN. The van der Waals surface area contributed by atoms with E-state index in [0.717, 1.165) is 12.1 Å². The zero-order valence-corrected chi connectivity index (χ0v) is 8.14. The summed E-state index contributed by atoms with van der Waals surface area (Å²) in [7, 11) is 0. The van der Waals surface area contributed by atoms with Gasteiger partial charge in [0.2, 0.25) is 0 Å². The van der Waals surface area contributed by atoms with Crippen LogP contribution in [-0.4, -0.2) is 4.98 Å². The molecule has 0 atom stereocenters. The fourth-order valence-corrected chi connectivity index (χ4v) is 1.28. The van der Waals surface area contributed by atoms with E-state index < -0.39 is 0 Å². The second kappa shape index (κ2) is 5.15. The van der Waals surface area contributed by atoms with Crippen LogP contribution in [0.4, 0.5) is 0 Å². The third kappa shape index (κ3) is 2.82. The summed E-state index contributed by atoms with van der Waals surface area (Å²) in [6.45, 7) is 2.20. The molecule has 0 saturated heterocycles. The van der Waals surface area contributed by atoms with Crippen molar-refractivity contribution in [2.45, 2.75) is 32.1 Å². The number of rotatable bonds is 4. The van der Waals surface area contributed by atoms with Crippen molar-refractivity contribution in [3.05, 3.63) is 29.6 Å². The second-order valence-electron chi connectivity index (χ2n) is 2.89. The largest absolute Gasteiger partial charge is 0.260 e. The number of hydrogen-bond donors (Lipinski definition) is 0. The minimum Gasteiger partial charge on any atom is -0.260 e. The van der Waals surface area contributed by atoms with Crippen LogP contribution < -0.4 is 0 Å². The molecule has 0 N–H and O–H groups in total. The number of aryl methyl sites for hydroxylation is 1. The molecule has 0 bridgehead atoms. The summed E-state index contributed by atoms with van der Waals surface area (Å²) in [4.78, 5) is 4.13. The van der Waals surface area contributed by atoms with E-state index in [9.17, 15) is 0 Å². The average molecular weight is 184 g/mol. The summed E-state index contributed by atoms with van der Waals surface area (Å²) >= 11 is 5.67. The third-order valence-corrected chi connectivity index (χ3v) is 2.11. The molecule has 0 spiro atoms. The van der Waals surface area contributed by atoms with Gasteiger partial charge in [-0.05, 0) is 30.5 Å². The highest BCUT2D eigenvalue weighted by Gasteiger charge is 1.95. The minimum absolute atomic E-state index is 0.514. The molecule has 1 aromatic rings. The van der Waals surface area contributed by atoms with Crippen molar-refractivity contribution < 1.29 is 0 Å². The van der Waals surface area contributed by atoms with Crippen molar-refractivity contribution in [2.75, 3.05) is 0 Å². The molecule has 0 aliphatic rings. The number of hydrogen-bond acceptors (Lipinski definition) is 1. The molecule has 12 heavy (non-hydrogen) atoms. The van der Waals surface area contributed by atoms with Crippen molar-refractivity contribution in [2.24, 2.45) is 0 Å². The van der Waals surface area contributed by atoms with Crippen LogP contribution in [0.15, 0.2) is 18.3 Å². The minimum atomic E-state index is 0.514. The van der Waals surface area contributed by atoms with Crippen LogP contribution in [0.1, 0.15) is 31.0 Å². The van der Waals surface area contributed by atoms with Crippen molar-refractivity contribution in [1.82, 2.24) is 4.98 Å². The first-order chi connectivity index (χ1) is 5.86. The predicted molar refractivity (Wildman–Crippen MR) is 52.4 cm³/mol. The molecule has 0 unspecified atom stereocenters. The molecule has 1 aromatic heterocycles. The van der Waals surface area contributed by atoms with Gasteiger partial charge in [0, 0.05) is 6.20 Å². The van der Waals surface area contributed by atoms with Crippen LogP contribution in [0.5, 0.6) is 0 Å². The average Bonchev–Trinajstić information content (AvgIpc) is 2.15. The quantitative estimate of drug-likeness (QED) is 0.654. The van der Waals surface area contributed by atoms with E-state index in [1.807, 2.05) is 6.20 Å². The van der Waals surface area contributed by atoms with Gasteiger partial charge in [-0.25, -0.2) is 0 Å². The Bertz CT molecular complexity index is 235. The molecule has 0 amide bonds. The summed E-state index contributed by atoms with van der Waals surface area (Å²) in [6.07, 6.45) is 5.45. The Morgan fingerprint density at radius 2 is 2.33 bits per heavy atom. The Labute approximate surface area is 78.8 Å². The highest BCUT2D eigenvalue weighted by molar-refractivity contribution is 6.16. The van der Waals surface area contributed by atoms with Crippen LogP contribution in [0, 0.1) is 0 Å². The van der Waals surface area contributed by atoms with Crippen LogP contribution >= 0.6 is 11.6 Å². The lowest BCUT2D eigenvalue weighted by Crippen LogP contribution is -1.89. The van der Waals surface area contributed by atoms with Gasteiger partial charge in [-0.3, -0.25) is 4.98 Å². The SMILES string of the molecule is CCCCc1ccnc(CCl)c1. The molecule has 0 aliphatic carbocycles. The van der Waals surface area contributed by atoms with Gasteiger partial charge in [0.05, 0.1) is 11.6 Å². The number of halogens is 1. The molecule has 1 nitrogen and oxygen atoms in total. The van der Waals surface area contributed by atoms with Gasteiger partial charge in [-0.1, -0.05) is 13.3 Å². The molecule has 1 rings (SSSR count). The summed E-state index contributed by atoms with van der Waals surface area (Å²) in [5, 5.41) is 0. The Morgan fingerprint density at radius 3 is 3.00 bits per heavy atom. The van der Waals surface area contributed by atoms with Gasteiger partial charge in [0.15, 0.2) is 0 Å². The normalized spacial score (nSPS) is 10.2. The van der Waals surface area contributed by atoms with E-state index >= 15 is 0 Å². The molecule has 0 radical (unpaired) electrons. The number of nitrogens with zero attached hydrogens (tertiary/aromatic N) is 1. The van der Waals surface area contributed by atoms with Crippen molar-refractivity contribution in [1.29, 1.82) is 0 Å². The van der Waals surface area contributed by atoms with E-state index in [1.165, 1.54) is 18.4 Å². The van der Waals surface area contributed by atoms with Gasteiger partial charge in [-0.2, -0.15) is 0 Å². The van der Waals surface area contributed by atoms with E-state index in [1.54, 1.807) is 0 Å². The lowest BCUT2D eigenvalue weighted by Gasteiger charge is -2.00. The molecule has 2 heteroatoms.